The number of aromatic nitrogens is 2. The first kappa shape index (κ1) is 18.4. The van der Waals surface area contributed by atoms with Crippen LogP contribution in [0.3, 0.4) is 0 Å². The topological polar surface area (TPSA) is 67.3 Å². The summed E-state index contributed by atoms with van der Waals surface area (Å²) in [5, 5.41) is 3.21. The lowest BCUT2D eigenvalue weighted by Crippen LogP contribution is -2.21. The zero-order chi connectivity index (χ0) is 19.4. The summed E-state index contributed by atoms with van der Waals surface area (Å²) >= 11 is 0. The Kier molecular flexibility index (Phi) is 5.35. The van der Waals surface area contributed by atoms with E-state index >= 15 is 0 Å². The second kappa shape index (κ2) is 7.86. The fourth-order valence-corrected chi connectivity index (χ4v) is 2.59. The van der Waals surface area contributed by atoms with Crippen LogP contribution < -0.4 is 10.1 Å². The molecule has 0 aliphatic heterocycles. The van der Waals surface area contributed by atoms with E-state index in [2.05, 4.69) is 15.3 Å². The standard InChI is InChI=1S/C21H22N4O2/c1-14-8-9-19(15(2)23-14)27-18-10-11-22-20(13-18)24-17-7-5-6-16(12-17)21(26)25(3)4/h5-13H,1-4H3,(H,22,24). The lowest BCUT2D eigenvalue weighted by atomic mass is 10.2. The number of anilines is 2. The summed E-state index contributed by atoms with van der Waals surface area (Å²) in [5.74, 6) is 1.93. The molecule has 6 heteroatoms. The number of hydrogen-bond donors (Lipinski definition) is 1. The van der Waals surface area contributed by atoms with Gasteiger partial charge < -0.3 is 15.0 Å². The molecule has 27 heavy (non-hydrogen) atoms. The van der Waals surface area contributed by atoms with Crippen LogP contribution in [-0.4, -0.2) is 34.9 Å². The second-order valence-electron chi connectivity index (χ2n) is 6.42. The number of aryl methyl sites for hydroxylation is 2. The van der Waals surface area contributed by atoms with Gasteiger partial charge in [-0.2, -0.15) is 0 Å². The zero-order valence-corrected chi connectivity index (χ0v) is 15.9. The molecule has 0 saturated heterocycles. The Balaban J connectivity index is 1.78. The molecule has 6 nitrogen and oxygen atoms in total. The fourth-order valence-electron chi connectivity index (χ4n) is 2.59. The smallest absolute Gasteiger partial charge is 0.253 e. The number of benzene rings is 1. The van der Waals surface area contributed by atoms with Crippen LogP contribution in [0.1, 0.15) is 21.7 Å². The molecular weight excluding hydrogens is 340 g/mol. The van der Waals surface area contributed by atoms with E-state index in [1.54, 1.807) is 49.5 Å². The summed E-state index contributed by atoms with van der Waals surface area (Å²) in [4.78, 5) is 22.4. The maximum Gasteiger partial charge on any atom is 0.253 e. The minimum atomic E-state index is -0.0500. The lowest BCUT2D eigenvalue weighted by Gasteiger charge is -2.13. The van der Waals surface area contributed by atoms with Crippen molar-refractivity contribution < 1.29 is 9.53 Å². The highest BCUT2D eigenvalue weighted by molar-refractivity contribution is 5.94. The molecule has 0 bridgehead atoms. The van der Waals surface area contributed by atoms with Crippen LogP contribution in [-0.2, 0) is 0 Å². The average Bonchev–Trinajstić information content (AvgIpc) is 2.64. The van der Waals surface area contributed by atoms with Crippen molar-refractivity contribution in [3.8, 4) is 11.5 Å². The lowest BCUT2D eigenvalue weighted by molar-refractivity contribution is 0.0827. The van der Waals surface area contributed by atoms with Crippen LogP contribution >= 0.6 is 0 Å². The monoisotopic (exact) mass is 362 g/mol. The predicted molar refractivity (Wildman–Crippen MR) is 106 cm³/mol. The molecule has 138 valence electrons. The van der Waals surface area contributed by atoms with Gasteiger partial charge in [-0.25, -0.2) is 4.98 Å². The van der Waals surface area contributed by atoms with E-state index in [1.165, 1.54) is 0 Å². The molecule has 1 N–H and O–H groups in total. The summed E-state index contributed by atoms with van der Waals surface area (Å²) in [6.07, 6.45) is 1.67. The highest BCUT2D eigenvalue weighted by Gasteiger charge is 2.09. The van der Waals surface area contributed by atoms with Gasteiger partial charge in [0, 0.05) is 43.3 Å². The molecule has 1 aromatic carbocycles. The van der Waals surface area contributed by atoms with E-state index in [1.807, 2.05) is 38.1 Å². The van der Waals surface area contributed by atoms with Crippen LogP contribution in [0.2, 0.25) is 0 Å². The molecule has 2 aromatic heterocycles. The van der Waals surface area contributed by atoms with Crippen molar-refractivity contribution in [3.05, 3.63) is 71.7 Å². The van der Waals surface area contributed by atoms with Crippen LogP contribution in [0.25, 0.3) is 0 Å². The van der Waals surface area contributed by atoms with Gasteiger partial charge in [0.25, 0.3) is 5.91 Å². The van der Waals surface area contributed by atoms with Gasteiger partial charge >= 0.3 is 0 Å². The first-order chi connectivity index (χ1) is 12.9. The van der Waals surface area contributed by atoms with Gasteiger partial charge in [-0.15, -0.1) is 0 Å². The number of nitrogens with zero attached hydrogens (tertiary/aromatic N) is 3. The van der Waals surface area contributed by atoms with Gasteiger partial charge in [-0.1, -0.05) is 6.07 Å². The summed E-state index contributed by atoms with van der Waals surface area (Å²) in [5.41, 5.74) is 3.17. The molecule has 0 atom stereocenters. The maximum absolute atomic E-state index is 12.1. The highest BCUT2D eigenvalue weighted by Crippen LogP contribution is 2.26. The Morgan fingerprint density at radius 1 is 1.07 bits per heavy atom. The SMILES string of the molecule is Cc1ccc(Oc2ccnc(Nc3cccc(C(=O)N(C)C)c3)c2)c(C)n1. The molecule has 2 heterocycles. The normalized spacial score (nSPS) is 10.4. The van der Waals surface area contributed by atoms with Gasteiger partial charge in [0.05, 0.1) is 5.69 Å². The van der Waals surface area contributed by atoms with E-state index in [9.17, 15) is 4.79 Å². The second-order valence-corrected chi connectivity index (χ2v) is 6.42. The molecule has 0 saturated carbocycles. The minimum absolute atomic E-state index is 0.0500. The fraction of sp³-hybridized carbons (Fsp3) is 0.190. The van der Waals surface area contributed by atoms with Crippen molar-refractivity contribution in [3.63, 3.8) is 0 Å². The van der Waals surface area contributed by atoms with E-state index < -0.39 is 0 Å². The van der Waals surface area contributed by atoms with Crippen LogP contribution in [0.4, 0.5) is 11.5 Å². The Labute approximate surface area is 158 Å². The molecule has 3 rings (SSSR count). The Morgan fingerprint density at radius 2 is 1.89 bits per heavy atom. The number of amides is 1. The quantitative estimate of drug-likeness (QED) is 0.732. The number of nitrogens with one attached hydrogen (secondary N) is 1. The number of pyridine rings is 2. The molecule has 0 aliphatic rings. The van der Waals surface area contributed by atoms with Crippen LogP contribution in [0.15, 0.2) is 54.7 Å². The van der Waals surface area contributed by atoms with Gasteiger partial charge in [0.15, 0.2) is 0 Å². The molecule has 0 unspecified atom stereocenters. The molecule has 0 aliphatic carbocycles. The van der Waals surface area contributed by atoms with E-state index in [0.29, 0.717) is 22.9 Å². The van der Waals surface area contributed by atoms with Crippen molar-refractivity contribution in [2.45, 2.75) is 13.8 Å². The van der Waals surface area contributed by atoms with Crippen LogP contribution in [0, 0.1) is 13.8 Å². The van der Waals surface area contributed by atoms with Crippen molar-refractivity contribution in [2.75, 3.05) is 19.4 Å². The third-order valence-corrected chi connectivity index (χ3v) is 3.92. The zero-order valence-electron chi connectivity index (χ0n) is 15.9. The molecule has 0 radical (unpaired) electrons. The van der Waals surface area contributed by atoms with Gasteiger partial charge in [-0.3, -0.25) is 9.78 Å². The van der Waals surface area contributed by atoms with Gasteiger partial charge in [0.1, 0.15) is 17.3 Å². The number of carbonyl (C=O) groups excluding carboxylic acids is 1. The average molecular weight is 362 g/mol. The summed E-state index contributed by atoms with van der Waals surface area (Å²) < 4.78 is 5.93. The van der Waals surface area contributed by atoms with Crippen molar-refractivity contribution >= 4 is 17.4 Å². The first-order valence-corrected chi connectivity index (χ1v) is 8.59. The van der Waals surface area contributed by atoms with Crippen molar-refractivity contribution in [1.82, 2.24) is 14.9 Å². The van der Waals surface area contributed by atoms with Crippen LogP contribution in [0.5, 0.6) is 11.5 Å². The number of carbonyl (C=O) groups is 1. The van der Waals surface area contributed by atoms with Gasteiger partial charge in [0.2, 0.25) is 0 Å². The van der Waals surface area contributed by atoms with Gasteiger partial charge in [-0.05, 0) is 50.2 Å². The first-order valence-electron chi connectivity index (χ1n) is 8.59. The largest absolute Gasteiger partial charge is 0.455 e. The third-order valence-electron chi connectivity index (χ3n) is 3.92. The molecular formula is C21H22N4O2. The van der Waals surface area contributed by atoms with E-state index in [4.69, 9.17) is 4.74 Å². The third kappa shape index (κ3) is 4.61. The Bertz CT molecular complexity index is 970. The highest BCUT2D eigenvalue weighted by atomic mass is 16.5. The summed E-state index contributed by atoms with van der Waals surface area (Å²) in [6.45, 7) is 3.86. The number of ether oxygens (including phenoxy) is 1. The molecule has 0 fully saturated rings. The van der Waals surface area contributed by atoms with Crippen molar-refractivity contribution in [1.29, 1.82) is 0 Å². The Morgan fingerprint density at radius 3 is 2.63 bits per heavy atom. The Hall–Kier alpha value is -3.41. The van der Waals surface area contributed by atoms with Crippen molar-refractivity contribution in [2.24, 2.45) is 0 Å². The summed E-state index contributed by atoms with van der Waals surface area (Å²) in [6, 6.07) is 14.7. The molecule has 1 amide bonds. The van der Waals surface area contributed by atoms with E-state index in [-0.39, 0.29) is 5.91 Å². The maximum atomic E-state index is 12.1. The molecule has 0 spiro atoms. The number of rotatable bonds is 5. The predicted octanol–water partition coefficient (Wildman–Crippen LogP) is 4.33. The minimum Gasteiger partial charge on any atom is -0.455 e. The molecule has 3 aromatic rings. The summed E-state index contributed by atoms with van der Waals surface area (Å²) in [7, 11) is 3.46. The van der Waals surface area contributed by atoms with E-state index in [0.717, 1.165) is 17.1 Å². The number of hydrogen-bond acceptors (Lipinski definition) is 5.